The first-order valence-corrected chi connectivity index (χ1v) is 6.45. The van der Waals surface area contributed by atoms with Gasteiger partial charge in [-0.15, -0.1) is 0 Å². The zero-order chi connectivity index (χ0) is 11.5. The highest BCUT2D eigenvalue weighted by atomic mass is 14.9. The van der Waals surface area contributed by atoms with Crippen molar-refractivity contribution in [2.24, 2.45) is 5.92 Å². The number of rotatable bonds is 2. The Morgan fingerprint density at radius 2 is 2.06 bits per heavy atom. The van der Waals surface area contributed by atoms with Gasteiger partial charge in [-0.25, -0.2) is 0 Å². The van der Waals surface area contributed by atoms with E-state index in [-0.39, 0.29) is 0 Å². The van der Waals surface area contributed by atoms with Gasteiger partial charge in [0.2, 0.25) is 0 Å². The molecular weight excluding hydrogens is 194 g/mol. The van der Waals surface area contributed by atoms with E-state index in [1.54, 1.807) is 0 Å². The summed E-state index contributed by atoms with van der Waals surface area (Å²) in [5, 5.41) is 3.66. The van der Waals surface area contributed by atoms with Crippen LogP contribution in [0.2, 0.25) is 0 Å². The fourth-order valence-corrected chi connectivity index (χ4v) is 2.53. The Bertz CT molecular complexity index is 348. The molecule has 2 rings (SSSR count). The van der Waals surface area contributed by atoms with Gasteiger partial charge in [-0.3, -0.25) is 0 Å². The van der Waals surface area contributed by atoms with Gasteiger partial charge in [0.1, 0.15) is 0 Å². The smallest absolute Gasteiger partial charge is 0.0108 e. The van der Waals surface area contributed by atoms with Crippen molar-refractivity contribution in [3.8, 4) is 0 Å². The van der Waals surface area contributed by atoms with Crippen LogP contribution in [0, 0.1) is 19.8 Å². The molecule has 0 amide bonds. The highest BCUT2D eigenvalue weighted by Crippen LogP contribution is 2.20. The maximum Gasteiger partial charge on any atom is 0.0108 e. The van der Waals surface area contributed by atoms with E-state index in [0.29, 0.717) is 6.04 Å². The fraction of sp³-hybridized carbons (Fsp3) is 0.600. The second kappa shape index (κ2) is 5.01. The third kappa shape index (κ3) is 2.65. The standard InChI is InChI=1S/C15H23N/c1-11-7-8-15(16-10-11)9-14-6-4-5-12(2)13(14)3/h4-6,11,15-16H,7-10H2,1-3H3. The summed E-state index contributed by atoms with van der Waals surface area (Å²) in [7, 11) is 0. The lowest BCUT2D eigenvalue weighted by Crippen LogP contribution is -2.39. The van der Waals surface area contributed by atoms with E-state index in [0.717, 1.165) is 5.92 Å². The topological polar surface area (TPSA) is 12.0 Å². The summed E-state index contributed by atoms with van der Waals surface area (Å²) < 4.78 is 0. The molecule has 1 fully saturated rings. The summed E-state index contributed by atoms with van der Waals surface area (Å²) in [5.41, 5.74) is 4.41. The van der Waals surface area contributed by atoms with Gasteiger partial charge in [-0.2, -0.15) is 0 Å². The van der Waals surface area contributed by atoms with E-state index in [2.05, 4.69) is 44.3 Å². The first kappa shape index (κ1) is 11.7. The van der Waals surface area contributed by atoms with Gasteiger partial charge >= 0.3 is 0 Å². The number of piperidine rings is 1. The molecule has 2 atom stereocenters. The Morgan fingerprint density at radius 1 is 1.25 bits per heavy atom. The number of benzene rings is 1. The zero-order valence-corrected chi connectivity index (χ0v) is 10.7. The van der Waals surface area contributed by atoms with Gasteiger partial charge in [0.05, 0.1) is 0 Å². The molecule has 0 radical (unpaired) electrons. The van der Waals surface area contributed by atoms with Crippen molar-refractivity contribution in [1.82, 2.24) is 5.32 Å². The number of hydrogen-bond acceptors (Lipinski definition) is 1. The Kier molecular flexibility index (Phi) is 3.65. The van der Waals surface area contributed by atoms with Crippen LogP contribution in [0.1, 0.15) is 36.5 Å². The van der Waals surface area contributed by atoms with Gasteiger partial charge in [-0.1, -0.05) is 25.1 Å². The predicted octanol–water partition coefficient (Wildman–Crippen LogP) is 3.23. The van der Waals surface area contributed by atoms with Gasteiger partial charge in [-0.05, 0) is 62.3 Å². The summed E-state index contributed by atoms with van der Waals surface area (Å²) in [6.07, 6.45) is 3.90. The van der Waals surface area contributed by atoms with Crippen molar-refractivity contribution in [3.63, 3.8) is 0 Å². The van der Waals surface area contributed by atoms with Crippen LogP contribution >= 0.6 is 0 Å². The number of aryl methyl sites for hydroxylation is 1. The normalized spacial score (nSPS) is 25.7. The molecule has 1 heteroatoms. The lowest BCUT2D eigenvalue weighted by atomic mass is 9.90. The SMILES string of the molecule is Cc1cccc(CC2CCC(C)CN2)c1C. The largest absolute Gasteiger partial charge is 0.313 e. The number of hydrogen-bond donors (Lipinski definition) is 1. The van der Waals surface area contributed by atoms with E-state index in [9.17, 15) is 0 Å². The van der Waals surface area contributed by atoms with E-state index >= 15 is 0 Å². The minimum absolute atomic E-state index is 0.691. The van der Waals surface area contributed by atoms with Crippen molar-refractivity contribution in [2.75, 3.05) is 6.54 Å². The van der Waals surface area contributed by atoms with Gasteiger partial charge in [0.25, 0.3) is 0 Å². The molecule has 0 aromatic heterocycles. The summed E-state index contributed by atoms with van der Waals surface area (Å²) in [6, 6.07) is 7.36. The van der Waals surface area contributed by atoms with Crippen LogP contribution in [-0.4, -0.2) is 12.6 Å². The predicted molar refractivity (Wildman–Crippen MR) is 69.8 cm³/mol. The first-order valence-electron chi connectivity index (χ1n) is 6.45. The molecule has 1 nitrogen and oxygen atoms in total. The quantitative estimate of drug-likeness (QED) is 0.802. The molecular formula is C15H23N. The van der Waals surface area contributed by atoms with E-state index in [1.165, 1.54) is 42.5 Å². The molecule has 2 unspecified atom stereocenters. The Labute approximate surface area is 99.3 Å². The molecule has 0 aliphatic carbocycles. The molecule has 0 saturated carbocycles. The van der Waals surface area contributed by atoms with Crippen LogP contribution < -0.4 is 5.32 Å². The summed E-state index contributed by atoms with van der Waals surface area (Å²) in [4.78, 5) is 0. The second-order valence-electron chi connectivity index (χ2n) is 5.35. The Morgan fingerprint density at radius 3 is 2.75 bits per heavy atom. The maximum absolute atomic E-state index is 3.66. The highest BCUT2D eigenvalue weighted by molar-refractivity contribution is 5.33. The van der Waals surface area contributed by atoms with E-state index < -0.39 is 0 Å². The lowest BCUT2D eigenvalue weighted by Gasteiger charge is -2.28. The lowest BCUT2D eigenvalue weighted by molar-refractivity contribution is 0.326. The van der Waals surface area contributed by atoms with Gasteiger partial charge in [0, 0.05) is 6.04 Å². The minimum atomic E-state index is 0.691. The van der Waals surface area contributed by atoms with Crippen LogP contribution in [-0.2, 0) is 6.42 Å². The Balaban J connectivity index is 2.01. The van der Waals surface area contributed by atoms with Crippen molar-refractivity contribution >= 4 is 0 Å². The van der Waals surface area contributed by atoms with Gasteiger partial charge < -0.3 is 5.32 Å². The van der Waals surface area contributed by atoms with Crippen LogP contribution in [0.4, 0.5) is 0 Å². The molecule has 0 bridgehead atoms. The van der Waals surface area contributed by atoms with Crippen molar-refractivity contribution in [1.29, 1.82) is 0 Å². The van der Waals surface area contributed by atoms with Crippen LogP contribution in [0.15, 0.2) is 18.2 Å². The molecule has 1 heterocycles. The molecule has 1 aliphatic rings. The molecule has 1 N–H and O–H groups in total. The average molecular weight is 217 g/mol. The molecule has 1 aromatic carbocycles. The average Bonchev–Trinajstić information content (AvgIpc) is 2.28. The molecule has 0 spiro atoms. The third-order valence-corrected chi connectivity index (χ3v) is 3.95. The molecule has 1 saturated heterocycles. The van der Waals surface area contributed by atoms with Crippen LogP contribution in [0.5, 0.6) is 0 Å². The zero-order valence-electron chi connectivity index (χ0n) is 10.7. The monoisotopic (exact) mass is 217 g/mol. The van der Waals surface area contributed by atoms with E-state index in [4.69, 9.17) is 0 Å². The summed E-state index contributed by atoms with van der Waals surface area (Å²) >= 11 is 0. The van der Waals surface area contributed by atoms with E-state index in [1.807, 2.05) is 0 Å². The van der Waals surface area contributed by atoms with Crippen molar-refractivity contribution in [3.05, 3.63) is 34.9 Å². The molecule has 1 aliphatic heterocycles. The number of nitrogens with one attached hydrogen (secondary N) is 1. The molecule has 16 heavy (non-hydrogen) atoms. The minimum Gasteiger partial charge on any atom is -0.313 e. The second-order valence-corrected chi connectivity index (χ2v) is 5.35. The third-order valence-electron chi connectivity index (χ3n) is 3.95. The molecule has 1 aromatic rings. The van der Waals surface area contributed by atoms with Crippen molar-refractivity contribution in [2.45, 2.75) is 46.1 Å². The molecule has 88 valence electrons. The fourth-order valence-electron chi connectivity index (χ4n) is 2.53. The highest BCUT2D eigenvalue weighted by Gasteiger charge is 2.18. The Hall–Kier alpha value is -0.820. The summed E-state index contributed by atoms with van der Waals surface area (Å²) in [5.74, 6) is 0.856. The maximum atomic E-state index is 3.66. The van der Waals surface area contributed by atoms with Crippen molar-refractivity contribution < 1.29 is 0 Å². The summed E-state index contributed by atoms with van der Waals surface area (Å²) in [6.45, 7) is 7.97. The van der Waals surface area contributed by atoms with Crippen LogP contribution in [0.3, 0.4) is 0 Å². The first-order chi connectivity index (χ1) is 7.66. The van der Waals surface area contributed by atoms with Gasteiger partial charge in [0.15, 0.2) is 0 Å². The van der Waals surface area contributed by atoms with Crippen LogP contribution in [0.25, 0.3) is 0 Å².